The van der Waals surface area contributed by atoms with Crippen LogP contribution in [0.4, 0.5) is 0 Å². The van der Waals surface area contributed by atoms with Crippen LogP contribution in [0.3, 0.4) is 0 Å². The van der Waals surface area contributed by atoms with Gasteiger partial charge >= 0.3 is 0 Å². The average Bonchev–Trinajstić information content (AvgIpc) is 2.22. The standard InChI is InChI=1S/C9H18O.C2H6/c1-3-9(4-2)5-7-10-8-6-9;1-2/h3-8H2,1-2H3;1-2H3. The van der Waals surface area contributed by atoms with Gasteiger partial charge < -0.3 is 4.74 Å². The predicted octanol–water partition coefficient (Wildman–Crippen LogP) is 3.63. The molecule has 0 amide bonds. The summed E-state index contributed by atoms with van der Waals surface area (Å²) in [5.74, 6) is 0. The number of rotatable bonds is 2. The van der Waals surface area contributed by atoms with Gasteiger partial charge in [0.05, 0.1) is 0 Å². The van der Waals surface area contributed by atoms with E-state index in [-0.39, 0.29) is 0 Å². The van der Waals surface area contributed by atoms with Crippen molar-refractivity contribution in [3.8, 4) is 0 Å². The molecule has 0 radical (unpaired) electrons. The molecule has 12 heavy (non-hydrogen) atoms. The summed E-state index contributed by atoms with van der Waals surface area (Å²) in [6.45, 7) is 10.6. The molecule has 1 nitrogen and oxygen atoms in total. The van der Waals surface area contributed by atoms with E-state index in [4.69, 9.17) is 4.74 Å². The third kappa shape index (κ3) is 3.14. The van der Waals surface area contributed by atoms with Crippen LogP contribution in [0.1, 0.15) is 53.4 Å². The molecule has 0 atom stereocenters. The molecule has 1 aliphatic heterocycles. The van der Waals surface area contributed by atoms with E-state index >= 15 is 0 Å². The molecule has 0 spiro atoms. The van der Waals surface area contributed by atoms with Crippen LogP contribution in [0.5, 0.6) is 0 Å². The molecular weight excluding hydrogens is 148 g/mol. The fourth-order valence-electron chi connectivity index (χ4n) is 1.76. The van der Waals surface area contributed by atoms with Gasteiger partial charge in [-0.25, -0.2) is 0 Å². The van der Waals surface area contributed by atoms with Gasteiger partial charge in [0.15, 0.2) is 0 Å². The van der Waals surface area contributed by atoms with Gasteiger partial charge in [-0.15, -0.1) is 0 Å². The fourth-order valence-corrected chi connectivity index (χ4v) is 1.76. The molecule has 0 N–H and O–H groups in total. The molecular formula is C11H24O. The van der Waals surface area contributed by atoms with E-state index in [0.717, 1.165) is 13.2 Å². The highest BCUT2D eigenvalue weighted by atomic mass is 16.5. The molecule has 1 fully saturated rings. The van der Waals surface area contributed by atoms with Gasteiger partial charge in [0.25, 0.3) is 0 Å². The van der Waals surface area contributed by atoms with E-state index in [1.54, 1.807) is 0 Å². The van der Waals surface area contributed by atoms with Gasteiger partial charge in [0.2, 0.25) is 0 Å². The highest BCUT2D eigenvalue weighted by Gasteiger charge is 2.28. The second kappa shape index (κ2) is 6.47. The van der Waals surface area contributed by atoms with Gasteiger partial charge in [-0.3, -0.25) is 0 Å². The van der Waals surface area contributed by atoms with Crippen molar-refractivity contribution < 1.29 is 4.74 Å². The molecule has 0 bridgehead atoms. The average molecular weight is 172 g/mol. The molecule has 0 saturated carbocycles. The molecule has 0 aromatic rings. The van der Waals surface area contributed by atoms with E-state index in [1.165, 1.54) is 25.7 Å². The van der Waals surface area contributed by atoms with Crippen molar-refractivity contribution in [2.45, 2.75) is 53.4 Å². The first kappa shape index (κ1) is 12.0. The van der Waals surface area contributed by atoms with Crippen LogP contribution in [-0.4, -0.2) is 13.2 Å². The van der Waals surface area contributed by atoms with Gasteiger partial charge in [-0.2, -0.15) is 0 Å². The van der Waals surface area contributed by atoms with Crippen molar-refractivity contribution in [2.24, 2.45) is 5.41 Å². The molecule has 74 valence electrons. The Balaban J connectivity index is 0.000000561. The monoisotopic (exact) mass is 172 g/mol. The minimum absolute atomic E-state index is 0.637. The predicted molar refractivity (Wildman–Crippen MR) is 54.4 cm³/mol. The third-order valence-corrected chi connectivity index (χ3v) is 3.05. The van der Waals surface area contributed by atoms with E-state index in [2.05, 4.69) is 13.8 Å². The zero-order chi connectivity index (χ0) is 9.45. The van der Waals surface area contributed by atoms with Crippen molar-refractivity contribution in [1.82, 2.24) is 0 Å². The van der Waals surface area contributed by atoms with Gasteiger partial charge in [0.1, 0.15) is 0 Å². The van der Waals surface area contributed by atoms with Crippen LogP contribution in [0.2, 0.25) is 0 Å². The zero-order valence-electron chi connectivity index (χ0n) is 9.15. The summed E-state index contributed by atoms with van der Waals surface area (Å²) in [6, 6.07) is 0. The van der Waals surface area contributed by atoms with E-state index in [1.807, 2.05) is 13.8 Å². The maximum Gasteiger partial charge on any atom is 0.0471 e. The Hall–Kier alpha value is -0.0400. The Bertz CT molecular complexity index is 87.2. The van der Waals surface area contributed by atoms with Crippen molar-refractivity contribution in [1.29, 1.82) is 0 Å². The Morgan fingerprint density at radius 3 is 1.67 bits per heavy atom. The molecule has 0 aromatic carbocycles. The normalized spacial score (nSPS) is 21.0. The quantitative estimate of drug-likeness (QED) is 0.618. The Labute approximate surface area is 77.5 Å². The molecule has 0 aromatic heterocycles. The fraction of sp³-hybridized carbons (Fsp3) is 1.00. The maximum absolute atomic E-state index is 5.33. The SMILES string of the molecule is CC.CCC1(CC)CCOCC1. The summed E-state index contributed by atoms with van der Waals surface area (Å²) in [6.07, 6.45) is 5.21. The third-order valence-electron chi connectivity index (χ3n) is 3.05. The van der Waals surface area contributed by atoms with Crippen LogP contribution in [0, 0.1) is 5.41 Å². The van der Waals surface area contributed by atoms with E-state index < -0.39 is 0 Å². The second-order valence-corrected chi connectivity index (χ2v) is 3.32. The molecule has 0 unspecified atom stereocenters. The molecule has 1 heterocycles. The van der Waals surface area contributed by atoms with Crippen molar-refractivity contribution >= 4 is 0 Å². The highest BCUT2D eigenvalue weighted by molar-refractivity contribution is 4.78. The van der Waals surface area contributed by atoms with Crippen LogP contribution in [-0.2, 0) is 4.74 Å². The number of hydrogen-bond acceptors (Lipinski definition) is 1. The van der Waals surface area contributed by atoms with Gasteiger partial charge in [-0.05, 0) is 18.3 Å². The molecule has 0 aliphatic carbocycles. The number of ether oxygens (including phenoxy) is 1. The smallest absolute Gasteiger partial charge is 0.0471 e. The summed E-state index contributed by atoms with van der Waals surface area (Å²) in [5.41, 5.74) is 0.637. The molecule has 1 saturated heterocycles. The van der Waals surface area contributed by atoms with Gasteiger partial charge in [0, 0.05) is 13.2 Å². The van der Waals surface area contributed by atoms with Crippen molar-refractivity contribution in [3.05, 3.63) is 0 Å². The van der Waals surface area contributed by atoms with Crippen molar-refractivity contribution in [3.63, 3.8) is 0 Å². The van der Waals surface area contributed by atoms with Crippen LogP contribution in [0.25, 0.3) is 0 Å². The Kier molecular flexibility index (Phi) is 6.45. The first-order valence-corrected chi connectivity index (χ1v) is 5.41. The molecule has 1 rings (SSSR count). The Morgan fingerprint density at radius 2 is 1.42 bits per heavy atom. The lowest BCUT2D eigenvalue weighted by Gasteiger charge is -2.35. The zero-order valence-corrected chi connectivity index (χ0v) is 9.15. The van der Waals surface area contributed by atoms with E-state index in [0.29, 0.717) is 5.41 Å². The largest absolute Gasteiger partial charge is 0.381 e. The number of hydrogen-bond donors (Lipinski definition) is 0. The van der Waals surface area contributed by atoms with Crippen LogP contribution >= 0.6 is 0 Å². The Morgan fingerprint density at radius 1 is 1.00 bits per heavy atom. The van der Waals surface area contributed by atoms with Gasteiger partial charge in [-0.1, -0.05) is 40.5 Å². The first-order chi connectivity index (χ1) is 5.83. The molecule has 1 aliphatic rings. The lowest BCUT2D eigenvalue weighted by molar-refractivity contribution is 0.0105. The summed E-state index contributed by atoms with van der Waals surface area (Å²) in [4.78, 5) is 0. The summed E-state index contributed by atoms with van der Waals surface area (Å²) in [7, 11) is 0. The lowest BCUT2D eigenvalue weighted by Crippen LogP contribution is -2.27. The maximum atomic E-state index is 5.33. The van der Waals surface area contributed by atoms with Crippen LogP contribution in [0.15, 0.2) is 0 Å². The minimum Gasteiger partial charge on any atom is -0.381 e. The highest BCUT2D eigenvalue weighted by Crippen LogP contribution is 2.36. The molecule has 1 heteroatoms. The van der Waals surface area contributed by atoms with Crippen molar-refractivity contribution in [2.75, 3.05) is 13.2 Å². The topological polar surface area (TPSA) is 9.23 Å². The lowest BCUT2D eigenvalue weighted by atomic mass is 9.76. The summed E-state index contributed by atoms with van der Waals surface area (Å²) < 4.78 is 5.33. The summed E-state index contributed by atoms with van der Waals surface area (Å²) in [5, 5.41) is 0. The van der Waals surface area contributed by atoms with Crippen LogP contribution < -0.4 is 0 Å². The second-order valence-electron chi connectivity index (χ2n) is 3.32. The first-order valence-electron chi connectivity index (χ1n) is 5.41. The van der Waals surface area contributed by atoms with E-state index in [9.17, 15) is 0 Å². The summed E-state index contributed by atoms with van der Waals surface area (Å²) >= 11 is 0. The minimum atomic E-state index is 0.637.